The monoisotopic (exact) mass is 382 g/mol. The van der Waals surface area contributed by atoms with Crippen molar-refractivity contribution in [2.75, 3.05) is 0 Å². The third-order valence-corrected chi connectivity index (χ3v) is 6.12. The van der Waals surface area contributed by atoms with Crippen molar-refractivity contribution < 1.29 is 0 Å². The van der Waals surface area contributed by atoms with Crippen LogP contribution in [0.3, 0.4) is 0 Å². The topological polar surface area (TPSA) is 17.3 Å². The molecule has 3 heterocycles. The van der Waals surface area contributed by atoms with Gasteiger partial charge in [-0.05, 0) is 41.8 Å². The van der Waals surface area contributed by atoms with E-state index in [1.807, 2.05) is 18.3 Å². The summed E-state index contributed by atoms with van der Waals surface area (Å²) in [6, 6.07) is 18.5. The lowest BCUT2D eigenvalue weighted by Crippen LogP contribution is -2.06. The summed E-state index contributed by atoms with van der Waals surface area (Å²) in [5.41, 5.74) is 4.05. The number of hydrogen-bond acceptors (Lipinski definition) is 2. The average molecular weight is 383 g/mol. The van der Waals surface area contributed by atoms with E-state index in [1.54, 1.807) is 17.4 Å². The van der Waals surface area contributed by atoms with E-state index in [9.17, 15) is 0 Å². The second kappa shape index (κ2) is 5.73. The third-order valence-electron chi connectivity index (χ3n) is 4.44. The van der Waals surface area contributed by atoms with Gasteiger partial charge in [-0.15, -0.1) is 11.3 Å². The minimum Gasteiger partial charge on any atom is -0.315 e. The zero-order chi connectivity index (χ0) is 17.0. The van der Waals surface area contributed by atoms with E-state index in [-0.39, 0.29) is 0 Å². The Bertz CT molecular complexity index is 1120. The smallest absolute Gasteiger partial charge is 0.0991 e. The Morgan fingerprint density at radius 2 is 1.88 bits per heavy atom. The highest BCUT2D eigenvalue weighted by Gasteiger charge is 2.21. The Balaban J connectivity index is 1.75. The van der Waals surface area contributed by atoms with Gasteiger partial charge in [-0.25, -0.2) is 0 Å². The zero-order valence-corrected chi connectivity index (χ0v) is 15.4. The minimum atomic E-state index is 0.538. The number of hydrogen-bond donors (Lipinski definition) is 0. The van der Waals surface area contributed by atoms with E-state index in [0.717, 1.165) is 27.5 Å². The SMILES string of the molecule is Clc1cc(Cl)c2c(c1)-n1cccc1C(c1cc3ccccc3s1)=NC2. The maximum atomic E-state index is 6.45. The quantitative estimate of drug-likeness (QED) is 0.364. The molecule has 1 aliphatic rings. The molecule has 0 atom stereocenters. The van der Waals surface area contributed by atoms with Crippen molar-refractivity contribution in [1.82, 2.24) is 4.57 Å². The maximum Gasteiger partial charge on any atom is 0.0991 e. The molecule has 0 amide bonds. The van der Waals surface area contributed by atoms with Gasteiger partial charge in [-0.1, -0.05) is 41.4 Å². The first-order chi connectivity index (χ1) is 12.2. The molecule has 0 radical (unpaired) electrons. The molecule has 5 heteroatoms. The van der Waals surface area contributed by atoms with Crippen LogP contribution in [0.2, 0.25) is 10.0 Å². The molecule has 0 fully saturated rings. The Labute approximate surface area is 159 Å². The Morgan fingerprint density at radius 3 is 2.76 bits per heavy atom. The van der Waals surface area contributed by atoms with Crippen LogP contribution in [0.15, 0.2) is 65.8 Å². The molecular formula is C20H12Cl2N2S. The first-order valence-electron chi connectivity index (χ1n) is 7.90. The highest BCUT2D eigenvalue weighted by Crippen LogP contribution is 2.34. The van der Waals surface area contributed by atoms with Gasteiger partial charge in [0.05, 0.1) is 28.5 Å². The first-order valence-corrected chi connectivity index (χ1v) is 9.47. The largest absolute Gasteiger partial charge is 0.315 e. The van der Waals surface area contributed by atoms with Crippen LogP contribution in [0.25, 0.3) is 15.8 Å². The van der Waals surface area contributed by atoms with E-state index < -0.39 is 0 Å². The van der Waals surface area contributed by atoms with E-state index in [1.165, 1.54) is 10.1 Å². The summed E-state index contributed by atoms with van der Waals surface area (Å²) < 4.78 is 3.39. The van der Waals surface area contributed by atoms with Crippen molar-refractivity contribution in [2.45, 2.75) is 6.54 Å². The molecule has 0 saturated heterocycles. The van der Waals surface area contributed by atoms with Gasteiger partial charge < -0.3 is 4.57 Å². The van der Waals surface area contributed by atoms with Crippen LogP contribution >= 0.6 is 34.5 Å². The van der Waals surface area contributed by atoms with E-state index in [2.05, 4.69) is 41.0 Å². The summed E-state index contributed by atoms with van der Waals surface area (Å²) in [6.07, 6.45) is 2.04. The summed E-state index contributed by atoms with van der Waals surface area (Å²) in [5.74, 6) is 0. The second-order valence-electron chi connectivity index (χ2n) is 5.96. The van der Waals surface area contributed by atoms with Crippen LogP contribution in [0, 0.1) is 0 Å². The number of benzene rings is 2. The molecule has 2 aromatic carbocycles. The molecule has 25 heavy (non-hydrogen) atoms. The van der Waals surface area contributed by atoms with Gasteiger partial charge in [-0.2, -0.15) is 0 Å². The van der Waals surface area contributed by atoms with Crippen molar-refractivity contribution in [1.29, 1.82) is 0 Å². The predicted molar refractivity (Wildman–Crippen MR) is 107 cm³/mol. The van der Waals surface area contributed by atoms with Gasteiger partial charge in [0.2, 0.25) is 0 Å². The summed E-state index contributed by atoms with van der Waals surface area (Å²) in [7, 11) is 0. The van der Waals surface area contributed by atoms with Crippen molar-refractivity contribution in [2.24, 2.45) is 4.99 Å². The number of rotatable bonds is 1. The lowest BCUT2D eigenvalue weighted by molar-refractivity contribution is 1.02. The normalized spacial score (nSPS) is 13.3. The number of fused-ring (bicyclic) bond motifs is 4. The van der Waals surface area contributed by atoms with Gasteiger partial charge in [0.1, 0.15) is 0 Å². The highest BCUT2D eigenvalue weighted by atomic mass is 35.5. The van der Waals surface area contributed by atoms with E-state index in [0.29, 0.717) is 16.6 Å². The summed E-state index contributed by atoms with van der Waals surface area (Å²) in [5, 5.41) is 2.53. The average Bonchev–Trinajstić information content (AvgIpc) is 3.20. The van der Waals surface area contributed by atoms with Crippen LogP contribution in [0.1, 0.15) is 16.1 Å². The fourth-order valence-corrected chi connectivity index (χ4v) is 4.91. The number of halogens is 2. The number of thiophene rings is 1. The molecule has 0 saturated carbocycles. The van der Waals surface area contributed by atoms with Gasteiger partial charge in [0.15, 0.2) is 0 Å². The Morgan fingerprint density at radius 1 is 1.00 bits per heavy atom. The minimum absolute atomic E-state index is 0.538. The Hall–Kier alpha value is -2.07. The molecule has 0 bridgehead atoms. The molecular weight excluding hydrogens is 371 g/mol. The lowest BCUT2D eigenvalue weighted by Gasteiger charge is -2.12. The van der Waals surface area contributed by atoms with Crippen LogP contribution < -0.4 is 0 Å². The maximum absolute atomic E-state index is 6.45. The second-order valence-corrected chi connectivity index (χ2v) is 7.89. The van der Waals surface area contributed by atoms with Crippen LogP contribution in [0.4, 0.5) is 0 Å². The molecule has 4 aromatic rings. The summed E-state index contributed by atoms with van der Waals surface area (Å²) in [4.78, 5) is 6.08. The van der Waals surface area contributed by atoms with Gasteiger partial charge >= 0.3 is 0 Å². The fourth-order valence-electron chi connectivity index (χ4n) is 3.29. The van der Waals surface area contributed by atoms with Crippen molar-refractivity contribution in [3.8, 4) is 5.69 Å². The molecule has 122 valence electrons. The lowest BCUT2D eigenvalue weighted by atomic mass is 10.1. The van der Waals surface area contributed by atoms with Crippen LogP contribution in [0.5, 0.6) is 0 Å². The standard InChI is InChI=1S/C20H12Cl2N2S/c21-13-9-15(22)14-11-23-20(16-5-3-7-24(16)17(14)10-13)19-8-12-4-1-2-6-18(12)25-19/h1-10H,11H2. The van der Waals surface area contributed by atoms with Crippen LogP contribution in [-0.4, -0.2) is 10.3 Å². The van der Waals surface area contributed by atoms with E-state index >= 15 is 0 Å². The summed E-state index contributed by atoms with van der Waals surface area (Å²) in [6.45, 7) is 0.538. The molecule has 0 N–H and O–H groups in total. The van der Waals surface area contributed by atoms with E-state index in [4.69, 9.17) is 28.2 Å². The zero-order valence-electron chi connectivity index (χ0n) is 13.0. The molecule has 1 aliphatic heterocycles. The summed E-state index contributed by atoms with van der Waals surface area (Å²) >= 11 is 14.5. The number of nitrogens with zero attached hydrogens (tertiary/aromatic N) is 2. The molecule has 0 unspecified atom stereocenters. The Kier molecular flexibility index (Phi) is 3.49. The highest BCUT2D eigenvalue weighted by molar-refractivity contribution is 7.21. The van der Waals surface area contributed by atoms with Gasteiger partial charge in [-0.3, -0.25) is 4.99 Å². The van der Waals surface area contributed by atoms with Crippen molar-refractivity contribution in [3.05, 3.63) is 87.0 Å². The van der Waals surface area contributed by atoms with Gasteiger partial charge in [0.25, 0.3) is 0 Å². The number of aromatic nitrogens is 1. The number of aliphatic imine (C=N–C) groups is 1. The first kappa shape index (κ1) is 15.2. The predicted octanol–water partition coefficient (Wildman–Crippen LogP) is 6.35. The van der Waals surface area contributed by atoms with Crippen LogP contribution in [-0.2, 0) is 6.54 Å². The molecule has 0 spiro atoms. The third kappa shape index (κ3) is 2.43. The fraction of sp³-hybridized carbons (Fsp3) is 0.0500. The molecule has 5 rings (SSSR count). The van der Waals surface area contributed by atoms with Gasteiger partial charge in [0, 0.05) is 26.5 Å². The molecule has 2 nitrogen and oxygen atoms in total. The molecule has 2 aromatic heterocycles. The van der Waals surface area contributed by atoms with Crippen molar-refractivity contribution in [3.63, 3.8) is 0 Å². The molecule has 0 aliphatic carbocycles. The van der Waals surface area contributed by atoms with Crippen molar-refractivity contribution >= 4 is 50.3 Å².